The first-order valence-electron chi connectivity index (χ1n) is 9.38. The van der Waals surface area contributed by atoms with Gasteiger partial charge in [0.1, 0.15) is 18.1 Å². The topological polar surface area (TPSA) is 65.2 Å². The van der Waals surface area contributed by atoms with E-state index in [-0.39, 0.29) is 5.28 Å². The normalized spacial score (nSPS) is 11.0. The molecule has 0 fully saturated rings. The Balaban J connectivity index is 1.51. The molecule has 0 amide bonds. The fourth-order valence-corrected chi connectivity index (χ4v) is 3.42. The van der Waals surface area contributed by atoms with Crippen LogP contribution >= 0.6 is 11.6 Å². The van der Waals surface area contributed by atoms with Gasteiger partial charge in [0.15, 0.2) is 0 Å². The molecule has 0 aliphatic carbocycles. The Hall–Kier alpha value is -3.77. The number of ether oxygens (including phenoxy) is 1. The molecule has 5 aromatic rings. The van der Waals surface area contributed by atoms with Gasteiger partial charge < -0.3 is 4.74 Å². The molecule has 0 aliphatic heterocycles. The number of aromatic nitrogens is 5. The van der Waals surface area contributed by atoms with Crippen molar-refractivity contribution >= 4 is 17.1 Å². The predicted molar refractivity (Wildman–Crippen MR) is 115 cm³/mol. The molecule has 7 heteroatoms. The summed E-state index contributed by atoms with van der Waals surface area (Å²) < 4.78 is 7.49. The lowest BCUT2D eigenvalue weighted by Crippen LogP contribution is -1.95. The van der Waals surface area contributed by atoms with Crippen molar-refractivity contribution in [2.24, 2.45) is 0 Å². The summed E-state index contributed by atoms with van der Waals surface area (Å²) in [6, 6.07) is 23.5. The van der Waals surface area contributed by atoms with Gasteiger partial charge in [-0.1, -0.05) is 30.3 Å². The minimum atomic E-state index is 0.186. The van der Waals surface area contributed by atoms with Crippen LogP contribution in [0.25, 0.3) is 28.0 Å². The largest absolute Gasteiger partial charge is 0.489 e. The molecule has 2 aromatic carbocycles. The van der Waals surface area contributed by atoms with E-state index in [9.17, 15) is 0 Å². The van der Waals surface area contributed by atoms with Crippen molar-refractivity contribution < 1.29 is 4.74 Å². The quantitative estimate of drug-likeness (QED) is 0.376. The summed E-state index contributed by atoms with van der Waals surface area (Å²) in [5, 5.41) is 9.18. The highest BCUT2D eigenvalue weighted by Gasteiger charge is 2.18. The smallest absolute Gasteiger partial charge is 0.222 e. The maximum Gasteiger partial charge on any atom is 0.222 e. The number of fused-ring (bicyclic) bond motifs is 1. The Morgan fingerprint density at radius 2 is 1.70 bits per heavy atom. The van der Waals surface area contributed by atoms with E-state index >= 15 is 0 Å². The summed E-state index contributed by atoms with van der Waals surface area (Å²) >= 11 is 6.04. The lowest BCUT2D eigenvalue weighted by Gasteiger charge is -2.07. The number of rotatable bonds is 5. The van der Waals surface area contributed by atoms with E-state index in [0.717, 1.165) is 33.7 Å². The average molecular weight is 414 g/mol. The van der Waals surface area contributed by atoms with E-state index in [0.29, 0.717) is 12.3 Å². The van der Waals surface area contributed by atoms with Crippen LogP contribution in [0.15, 0.2) is 85.2 Å². The number of halogens is 1. The molecule has 146 valence electrons. The second-order valence-corrected chi connectivity index (χ2v) is 6.97. The maximum atomic E-state index is 6.04. The molecule has 0 radical (unpaired) electrons. The molecule has 0 unspecified atom stereocenters. The van der Waals surface area contributed by atoms with Crippen molar-refractivity contribution in [3.63, 3.8) is 0 Å². The van der Waals surface area contributed by atoms with Crippen molar-refractivity contribution in [3.05, 3.63) is 96.0 Å². The second-order valence-electron chi connectivity index (χ2n) is 6.63. The minimum absolute atomic E-state index is 0.186. The Morgan fingerprint density at radius 1 is 0.867 bits per heavy atom. The molecule has 0 bridgehead atoms. The van der Waals surface area contributed by atoms with Crippen LogP contribution in [0, 0.1) is 0 Å². The monoisotopic (exact) mass is 413 g/mol. The zero-order valence-corrected chi connectivity index (χ0v) is 16.6. The van der Waals surface area contributed by atoms with Gasteiger partial charge in [-0.25, -0.2) is 9.97 Å². The van der Waals surface area contributed by atoms with E-state index in [1.807, 2.05) is 72.8 Å². The van der Waals surface area contributed by atoms with Crippen molar-refractivity contribution in [1.29, 1.82) is 0 Å². The molecule has 6 nitrogen and oxygen atoms in total. The zero-order valence-electron chi connectivity index (χ0n) is 15.8. The van der Waals surface area contributed by atoms with Crippen molar-refractivity contribution in [1.82, 2.24) is 24.8 Å². The fraction of sp³-hybridized carbons (Fsp3) is 0.0435. The van der Waals surface area contributed by atoms with E-state index in [4.69, 9.17) is 16.3 Å². The Kier molecular flexibility index (Phi) is 4.83. The van der Waals surface area contributed by atoms with Gasteiger partial charge in [-0.15, -0.1) is 5.10 Å². The third kappa shape index (κ3) is 3.60. The summed E-state index contributed by atoms with van der Waals surface area (Å²) in [5.41, 5.74) is 5.20. The molecular weight excluding hydrogens is 398 g/mol. The second kappa shape index (κ2) is 7.93. The van der Waals surface area contributed by atoms with E-state index in [1.54, 1.807) is 17.0 Å². The predicted octanol–water partition coefficient (Wildman–Crippen LogP) is 5.09. The molecule has 0 atom stereocenters. The van der Waals surface area contributed by atoms with E-state index in [2.05, 4.69) is 20.2 Å². The first-order chi connectivity index (χ1) is 14.8. The van der Waals surface area contributed by atoms with Gasteiger partial charge in [0.2, 0.25) is 5.28 Å². The van der Waals surface area contributed by atoms with Gasteiger partial charge in [-0.3, -0.25) is 0 Å². The summed E-state index contributed by atoms with van der Waals surface area (Å²) in [6.07, 6.45) is 3.33. The summed E-state index contributed by atoms with van der Waals surface area (Å²) in [7, 11) is 0. The van der Waals surface area contributed by atoms with Crippen LogP contribution in [0.3, 0.4) is 0 Å². The summed E-state index contributed by atoms with van der Waals surface area (Å²) in [5.74, 6) is 0.788. The van der Waals surface area contributed by atoms with E-state index < -0.39 is 0 Å². The SMILES string of the molecule is Clc1nccc(-c2c(-c3ccc(OCc4ccccc4)cc3)nn3ncccc23)n1. The first kappa shape index (κ1) is 18.3. The molecule has 0 spiro atoms. The van der Waals surface area contributed by atoms with Crippen LogP contribution in [-0.2, 0) is 6.61 Å². The number of hydrogen-bond acceptors (Lipinski definition) is 5. The molecule has 5 rings (SSSR count). The third-order valence-corrected chi connectivity index (χ3v) is 4.86. The van der Waals surface area contributed by atoms with Crippen LogP contribution in [0.4, 0.5) is 0 Å². The Morgan fingerprint density at radius 3 is 2.50 bits per heavy atom. The van der Waals surface area contributed by atoms with Gasteiger partial charge in [0.25, 0.3) is 0 Å². The summed E-state index contributed by atoms with van der Waals surface area (Å²) in [4.78, 5) is 8.37. The third-order valence-electron chi connectivity index (χ3n) is 4.68. The molecule has 3 heterocycles. The summed E-state index contributed by atoms with van der Waals surface area (Å²) in [6.45, 7) is 0.517. The van der Waals surface area contributed by atoms with Gasteiger partial charge in [-0.05, 0) is 59.6 Å². The molecule has 30 heavy (non-hydrogen) atoms. The van der Waals surface area contributed by atoms with Crippen LogP contribution in [0.5, 0.6) is 5.75 Å². The molecular formula is C23H16ClN5O. The fourth-order valence-electron chi connectivity index (χ4n) is 3.27. The van der Waals surface area contributed by atoms with Crippen molar-refractivity contribution in [2.75, 3.05) is 0 Å². The van der Waals surface area contributed by atoms with Gasteiger partial charge in [0.05, 0.1) is 16.8 Å². The lowest BCUT2D eigenvalue weighted by molar-refractivity contribution is 0.306. The zero-order chi connectivity index (χ0) is 20.3. The average Bonchev–Trinajstić information content (AvgIpc) is 3.18. The molecule has 0 N–H and O–H groups in total. The Labute approximate surface area is 177 Å². The van der Waals surface area contributed by atoms with Gasteiger partial charge in [0, 0.05) is 18.0 Å². The standard InChI is InChI=1S/C23H16ClN5O/c24-23-25-14-12-19(27-23)21-20-7-4-13-26-29(20)28-22(21)17-8-10-18(11-9-17)30-15-16-5-2-1-3-6-16/h1-14H,15H2. The van der Waals surface area contributed by atoms with Crippen molar-refractivity contribution in [2.45, 2.75) is 6.61 Å². The van der Waals surface area contributed by atoms with Crippen LogP contribution < -0.4 is 4.74 Å². The highest BCUT2D eigenvalue weighted by atomic mass is 35.5. The highest BCUT2D eigenvalue weighted by molar-refractivity contribution is 6.28. The first-order valence-corrected chi connectivity index (χ1v) is 9.76. The number of benzene rings is 2. The highest BCUT2D eigenvalue weighted by Crippen LogP contribution is 2.34. The van der Waals surface area contributed by atoms with Gasteiger partial charge in [-0.2, -0.15) is 9.73 Å². The van der Waals surface area contributed by atoms with Gasteiger partial charge >= 0.3 is 0 Å². The minimum Gasteiger partial charge on any atom is -0.489 e. The Bertz CT molecular complexity index is 1300. The lowest BCUT2D eigenvalue weighted by atomic mass is 10.0. The van der Waals surface area contributed by atoms with Crippen molar-refractivity contribution in [3.8, 4) is 28.3 Å². The van der Waals surface area contributed by atoms with Crippen LogP contribution in [0.1, 0.15) is 5.56 Å². The number of hydrogen-bond donors (Lipinski definition) is 0. The van der Waals surface area contributed by atoms with E-state index in [1.165, 1.54) is 0 Å². The maximum absolute atomic E-state index is 6.04. The molecule has 0 aliphatic rings. The van der Waals surface area contributed by atoms with Crippen LogP contribution in [0.2, 0.25) is 5.28 Å². The number of nitrogens with zero attached hydrogens (tertiary/aromatic N) is 5. The van der Waals surface area contributed by atoms with Crippen LogP contribution in [-0.4, -0.2) is 24.8 Å². The molecule has 0 saturated heterocycles. The molecule has 0 saturated carbocycles. The molecule has 3 aromatic heterocycles.